The standard InChI is InChI=1S/C30H33BrN4O3/c1-34(2)15-16-35(3)19-21-7-11-24(12-8-21)32-29(22-6-4-5-20(17-22)9-14-27(36)37)28-25-13-10-23(31)18-26(25)33-30(28)38/h4-8,10-13,17-18,32H,9,14-16,19H2,1-3H3,(H,33,38)(H,36,37). The van der Waals surface area contributed by atoms with Crippen LogP contribution in [0.3, 0.4) is 0 Å². The number of rotatable bonds is 11. The van der Waals surface area contributed by atoms with Crippen molar-refractivity contribution in [1.29, 1.82) is 0 Å². The molecular formula is C30H33BrN4O3. The van der Waals surface area contributed by atoms with E-state index in [4.69, 9.17) is 5.11 Å². The fraction of sp³-hybridized carbons (Fsp3) is 0.267. The molecule has 198 valence electrons. The van der Waals surface area contributed by atoms with Gasteiger partial charge in [0.25, 0.3) is 5.91 Å². The highest BCUT2D eigenvalue weighted by Crippen LogP contribution is 2.39. The van der Waals surface area contributed by atoms with Crippen molar-refractivity contribution in [2.75, 3.05) is 44.9 Å². The van der Waals surface area contributed by atoms with E-state index in [0.717, 1.165) is 52.2 Å². The number of carboxylic acid groups (broad SMARTS) is 1. The number of aryl methyl sites for hydroxylation is 1. The minimum absolute atomic E-state index is 0.0462. The molecule has 1 heterocycles. The van der Waals surface area contributed by atoms with Crippen molar-refractivity contribution >= 4 is 50.5 Å². The Balaban J connectivity index is 1.67. The van der Waals surface area contributed by atoms with Crippen LogP contribution < -0.4 is 10.6 Å². The van der Waals surface area contributed by atoms with Gasteiger partial charge in [-0.1, -0.05) is 52.3 Å². The minimum atomic E-state index is -0.839. The van der Waals surface area contributed by atoms with E-state index in [0.29, 0.717) is 17.7 Å². The van der Waals surface area contributed by atoms with Crippen LogP contribution in [0, 0.1) is 0 Å². The molecule has 38 heavy (non-hydrogen) atoms. The van der Waals surface area contributed by atoms with Crippen LogP contribution in [0.15, 0.2) is 71.2 Å². The van der Waals surface area contributed by atoms with Crippen LogP contribution in [0.5, 0.6) is 0 Å². The molecule has 0 fully saturated rings. The Morgan fingerprint density at radius 1 is 0.974 bits per heavy atom. The van der Waals surface area contributed by atoms with Gasteiger partial charge in [-0.05, 0) is 74.6 Å². The summed E-state index contributed by atoms with van der Waals surface area (Å²) >= 11 is 3.48. The molecule has 0 aromatic heterocycles. The lowest BCUT2D eigenvalue weighted by atomic mass is 9.97. The molecule has 3 aromatic carbocycles. The zero-order valence-electron chi connectivity index (χ0n) is 21.9. The lowest BCUT2D eigenvalue weighted by Gasteiger charge is -2.20. The summed E-state index contributed by atoms with van der Waals surface area (Å²) in [6, 6.07) is 21.7. The van der Waals surface area contributed by atoms with Gasteiger partial charge in [-0.15, -0.1) is 0 Å². The SMILES string of the molecule is CN(C)CCN(C)Cc1ccc(NC(=C2C(=O)Nc3cc(Br)ccc32)c2cccc(CCC(=O)O)c2)cc1. The average molecular weight is 578 g/mol. The first kappa shape index (κ1) is 27.6. The van der Waals surface area contributed by atoms with E-state index >= 15 is 0 Å². The van der Waals surface area contributed by atoms with Crippen molar-refractivity contribution in [3.8, 4) is 0 Å². The fourth-order valence-corrected chi connectivity index (χ4v) is 4.77. The number of likely N-dealkylation sites (N-methyl/N-ethyl adjacent to an activating group) is 2. The number of hydrogen-bond donors (Lipinski definition) is 3. The third-order valence-corrected chi connectivity index (χ3v) is 6.92. The average Bonchev–Trinajstić information content (AvgIpc) is 3.20. The highest BCUT2D eigenvalue weighted by atomic mass is 79.9. The third-order valence-electron chi connectivity index (χ3n) is 6.42. The number of nitrogens with zero attached hydrogens (tertiary/aromatic N) is 2. The van der Waals surface area contributed by atoms with Gasteiger partial charge < -0.3 is 25.5 Å². The number of halogens is 1. The zero-order valence-corrected chi connectivity index (χ0v) is 23.5. The predicted molar refractivity (Wildman–Crippen MR) is 157 cm³/mol. The van der Waals surface area contributed by atoms with Gasteiger partial charge in [0.05, 0.1) is 17.0 Å². The van der Waals surface area contributed by atoms with E-state index in [2.05, 4.69) is 69.6 Å². The topological polar surface area (TPSA) is 84.9 Å². The smallest absolute Gasteiger partial charge is 0.303 e. The van der Waals surface area contributed by atoms with Crippen molar-refractivity contribution in [3.05, 3.63) is 93.5 Å². The highest BCUT2D eigenvalue weighted by molar-refractivity contribution is 9.10. The number of nitrogens with one attached hydrogen (secondary N) is 2. The Kier molecular flexibility index (Phi) is 8.99. The van der Waals surface area contributed by atoms with Crippen LogP contribution in [-0.4, -0.2) is 61.0 Å². The van der Waals surface area contributed by atoms with Crippen LogP contribution >= 0.6 is 15.9 Å². The molecular weight excluding hydrogens is 544 g/mol. The van der Waals surface area contributed by atoms with Gasteiger partial charge in [0.1, 0.15) is 0 Å². The molecule has 0 aliphatic carbocycles. The summed E-state index contributed by atoms with van der Waals surface area (Å²) in [6.07, 6.45) is 0.460. The van der Waals surface area contributed by atoms with Gasteiger partial charge in [0, 0.05) is 41.8 Å². The fourth-order valence-electron chi connectivity index (χ4n) is 4.41. The van der Waals surface area contributed by atoms with E-state index in [1.54, 1.807) is 0 Å². The second-order valence-corrected chi connectivity index (χ2v) is 10.8. The van der Waals surface area contributed by atoms with Crippen LogP contribution in [0.25, 0.3) is 11.3 Å². The molecule has 0 unspecified atom stereocenters. The quantitative estimate of drug-likeness (QED) is 0.265. The third kappa shape index (κ3) is 7.10. The van der Waals surface area contributed by atoms with Crippen molar-refractivity contribution < 1.29 is 14.7 Å². The number of carbonyl (C=O) groups is 2. The second kappa shape index (κ2) is 12.4. The molecule has 0 atom stereocenters. The molecule has 3 aromatic rings. The predicted octanol–water partition coefficient (Wildman–Crippen LogP) is 5.39. The number of aliphatic carboxylic acids is 1. The molecule has 0 radical (unpaired) electrons. The van der Waals surface area contributed by atoms with Gasteiger partial charge in [-0.2, -0.15) is 0 Å². The van der Waals surface area contributed by atoms with Crippen molar-refractivity contribution in [2.45, 2.75) is 19.4 Å². The minimum Gasteiger partial charge on any atom is -0.481 e. The van der Waals surface area contributed by atoms with Crippen LogP contribution in [0.4, 0.5) is 11.4 Å². The van der Waals surface area contributed by atoms with Gasteiger partial charge in [-0.3, -0.25) is 9.59 Å². The Bertz CT molecular complexity index is 1350. The van der Waals surface area contributed by atoms with Crippen LogP contribution in [0.2, 0.25) is 0 Å². The molecule has 1 amide bonds. The van der Waals surface area contributed by atoms with E-state index in [9.17, 15) is 9.59 Å². The summed E-state index contributed by atoms with van der Waals surface area (Å²) < 4.78 is 0.883. The summed E-state index contributed by atoms with van der Waals surface area (Å²) in [5.41, 5.74) is 6.58. The van der Waals surface area contributed by atoms with Gasteiger partial charge in [0.15, 0.2) is 0 Å². The van der Waals surface area contributed by atoms with E-state index in [-0.39, 0.29) is 12.3 Å². The number of carbonyl (C=O) groups excluding carboxylic acids is 1. The molecule has 1 aliphatic rings. The van der Waals surface area contributed by atoms with Crippen molar-refractivity contribution in [3.63, 3.8) is 0 Å². The maximum absolute atomic E-state index is 13.2. The highest BCUT2D eigenvalue weighted by Gasteiger charge is 2.28. The van der Waals surface area contributed by atoms with Gasteiger partial charge in [0.2, 0.25) is 0 Å². The zero-order chi connectivity index (χ0) is 27.2. The monoisotopic (exact) mass is 576 g/mol. The molecule has 0 saturated carbocycles. The normalized spacial score (nSPS) is 14.0. The lowest BCUT2D eigenvalue weighted by molar-refractivity contribution is -0.137. The van der Waals surface area contributed by atoms with Crippen LogP contribution in [-0.2, 0) is 22.6 Å². The molecule has 0 saturated heterocycles. The molecule has 1 aliphatic heterocycles. The van der Waals surface area contributed by atoms with Gasteiger partial charge >= 0.3 is 5.97 Å². The first-order valence-corrected chi connectivity index (χ1v) is 13.3. The van der Waals surface area contributed by atoms with Crippen molar-refractivity contribution in [2.24, 2.45) is 0 Å². The molecule has 0 spiro atoms. The maximum Gasteiger partial charge on any atom is 0.303 e. The Labute approximate surface area is 232 Å². The summed E-state index contributed by atoms with van der Waals surface area (Å²) in [7, 11) is 6.26. The summed E-state index contributed by atoms with van der Waals surface area (Å²) in [5, 5.41) is 15.6. The second-order valence-electron chi connectivity index (χ2n) is 9.85. The van der Waals surface area contributed by atoms with Crippen molar-refractivity contribution in [1.82, 2.24) is 9.80 Å². The first-order valence-electron chi connectivity index (χ1n) is 12.6. The summed E-state index contributed by atoms with van der Waals surface area (Å²) in [4.78, 5) is 28.8. The van der Waals surface area contributed by atoms with Crippen LogP contribution in [0.1, 0.15) is 28.7 Å². The molecule has 7 nitrogen and oxygen atoms in total. The van der Waals surface area contributed by atoms with E-state index in [1.807, 2.05) is 54.6 Å². The van der Waals surface area contributed by atoms with E-state index in [1.165, 1.54) is 5.56 Å². The number of amides is 1. The Morgan fingerprint density at radius 2 is 1.74 bits per heavy atom. The number of carboxylic acids is 1. The largest absolute Gasteiger partial charge is 0.481 e. The molecule has 8 heteroatoms. The first-order chi connectivity index (χ1) is 18.2. The summed E-state index contributed by atoms with van der Waals surface area (Å²) in [5.74, 6) is -1.02. The Morgan fingerprint density at radius 3 is 2.45 bits per heavy atom. The maximum atomic E-state index is 13.2. The summed E-state index contributed by atoms with van der Waals surface area (Å²) in [6.45, 7) is 2.82. The molecule has 0 bridgehead atoms. The number of hydrogen-bond acceptors (Lipinski definition) is 5. The molecule has 3 N–H and O–H groups in total. The number of benzene rings is 3. The lowest BCUT2D eigenvalue weighted by Crippen LogP contribution is -2.28. The number of fused-ring (bicyclic) bond motifs is 1. The van der Waals surface area contributed by atoms with E-state index < -0.39 is 5.97 Å². The number of anilines is 2. The Hall–Kier alpha value is -3.46. The molecule has 4 rings (SSSR count). The van der Waals surface area contributed by atoms with Gasteiger partial charge in [-0.25, -0.2) is 0 Å².